The van der Waals surface area contributed by atoms with Gasteiger partial charge in [0.05, 0.1) is 9.86 Å². The summed E-state index contributed by atoms with van der Waals surface area (Å²) < 4.78 is 64.3. The number of fused-ring (bicyclic) bond motifs is 1. The van der Waals surface area contributed by atoms with Crippen LogP contribution in [0.3, 0.4) is 0 Å². The first-order chi connectivity index (χ1) is 8.21. The molecule has 0 bridgehead atoms. The minimum absolute atomic E-state index is 0.235. The summed E-state index contributed by atoms with van der Waals surface area (Å²) in [5.41, 5.74) is 2.69. The van der Waals surface area contributed by atoms with Crippen LogP contribution >= 0.6 is 15.9 Å². The smallest absolute Gasteiger partial charge is 0.398 e. The van der Waals surface area contributed by atoms with Crippen molar-refractivity contribution in [1.82, 2.24) is 4.98 Å². The zero-order valence-electron chi connectivity index (χ0n) is 8.45. The van der Waals surface area contributed by atoms with E-state index in [1.165, 1.54) is 0 Å². The summed E-state index contributed by atoms with van der Waals surface area (Å²) in [6.45, 7) is 0. The van der Waals surface area contributed by atoms with Crippen molar-refractivity contribution in [3.63, 3.8) is 0 Å². The Morgan fingerprint density at radius 3 is 2.33 bits per heavy atom. The fraction of sp³-hybridized carbons (Fsp3) is 0.100. The predicted octanol–water partition coefficient (Wildman–Crippen LogP) is 3.88. The third-order valence-electron chi connectivity index (χ3n) is 2.25. The number of hydrogen-bond acceptors (Lipinski definition) is 2. The Hall–Kier alpha value is -1.44. The van der Waals surface area contributed by atoms with Gasteiger partial charge in [-0.15, -0.1) is 0 Å². The Balaban J connectivity index is 2.91. The third-order valence-corrected chi connectivity index (χ3v) is 2.83. The summed E-state index contributed by atoms with van der Waals surface area (Å²) >= 11 is 2.74. The number of alkyl halides is 3. The standard InChI is InChI=1S/C10H4BrF5N2/c11-3-1-4(12)9-7(8(3)13)5(17)2-6(18-9)10(14,15)16/h1-2H,(H2,17,18). The molecule has 0 spiro atoms. The number of nitrogens with zero attached hydrogens (tertiary/aromatic N) is 1. The molecule has 2 aromatic rings. The molecule has 0 fully saturated rings. The Morgan fingerprint density at radius 2 is 1.78 bits per heavy atom. The summed E-state index contributed by atoms with van der Waals surface area (Å²) in [6.07, 6.45) is -4.78. The molecule has 0 aliphatic heterocycles. The number of nitrogen functional groups attached to an aromatic ring is 1. The topological polar surface area (TPSA) is 38.9 Å². The van der Waals surface area contributed by atoms with Crippen LogP contribution in [0.1, 0.15) is 5.69 Å². The van der Waals surface area contributed by atoms with Crippen LogP contribution < -0.4 is 5.73 Å². The maximum Gasteiger partial charge on any atom is 0.433 e. The molecule has 1 aromatic carbocycles. The maximum absolute atomic E-state index is 13.7. The molecule has 0 saturated heterocycles. The molecule has 0 radical (unpaired) electrons. The van der Waals surface area contributed by atoms with Crippen LogP contribution in [0.15, 0.2) is 16.6 Å². The number of nitrogens with two attached hydrogens (primary N) is 1. The molecule has 0 aliphatic rings. The van der Waals surface area contributed by atoms with Gasteiger partial charge in [-0.3, -0.25) is 0 Å². The van der Waals surface area contributed by atoms with E-state index in [-0.39, 0.29) is 4.47 Å². The van der Waals surface area contributed by atoms with Crippen molar-refractivity contribution in [3.05, 3.63) is 33.9 Å². The quantitative estimate of drug-likeness (QED) is 0.589. The second kappa shape index (κ2) is 4.04. The van der Waals surface area contributed by atoms with Crippen molar-refractivity contribution in [2.75, 3.05) is 5.73 Å². The van der Waals surface area contributed by atoms with Gasteiger partial charge in [0.25, 0.3) is 0 Å². The van der Waals surface area contributed by atoms with Crippen molar-refractivity contribution in [2.24, 2.45) is 0 Å². The molecule has 2 rings (SSSR count). The van der Waals surface area contributed by atoms with Gasteiger partial charge in [-0.05, 0) is 28.1 Å². The molecule has 0 atom stereocenters. The van der Waals surface area contributed by atoms with Crippen molar-refractivity contribution < 1.29 is 22.0 Å². The lowest BCUT2D eigenvalue weighted by atomic mass is 10.1. The zero-order valence-corrected chi connectivity index (χ0v) is 10.0. The average Bonchev–Trinajstić information content (AvgIpc) is 2.24. The van der Waals surface area contributed by atoms with Gasteiger partial charge >= 0.3 is 6.18 Å². The predicted molar refractivity (Wildman–Crippen MR) is 58.8 cm³/mol. The maximum atomic E-state index is 13.7. The van der Waals surface area contributed by atoms with Gasteiger partial charge in [0, 0.05) is 5.69 Å². The normalized spacial score (nSPS) is 12.1. The highest BCUT2D eigenvalue weighted by Gasteiger charge is 2.34. The third kappa shape index (κ3) is 2.00. The largest absolute Gasteiger partial charge is 0.433 e. The minimum Gasteiger partial charge on any atom is -0.398 e. The molecule has 1 heterocycles. The van der Waals surface area contributed by atoms with Gasteiger partial charge in [0.2, 0.25) is 0 Å². The Bertz CT molecular complexity index is 638. The van der Waals surface area contributed by atoms with Gasteiger partial charge < -0.3 is 5.73 Å². The second-order valence-corrected chi connectivity index (χ2v) is 4.33. The van der Waals surface area contributed by atoms with E-state index in [0.29, 0.717) is 12.1 Å². The lowest BCUT2D eigenvalue weighted by Crippen LogP contribution is -2.10. The summed E-state index contributed by atoms with van der Waals surface area (Å²) in [7, 11) is 0. The van der Waals surface area contributed by atoms with E-state index in [4.69, 9.17) is 5.73 Å². The van der Waals surface area contributed by atoms with E-state index in [1.54, 1.807) is 0 Å². The van der Waals surface area contributed by atoms with Gasteiger partial charge in [-0.1, -0.05) is 0 Å². The van der Waals surface area contributed by atoms with Crippen molar-refractivity contribution >= 4 is 32.5 Å². The SMILES string of the molecule is Nc1cc(C(F)(F)F)nc2c(F)cc(Br)c(F)c12. The van der Waals surface area contributed by atoms with Crippen molar-refractivity contribution in [3.8, 4) is 0 Å². The highest BCUT2D eigenvalue weighted by Crippen LogP contribution is 2.35. The van der Waals surface area contributed by atoms with E-state index in [1.807, 2.05) is 0 Å². The average molecular weight is 327 g/mol. The Morgan fingerprint density at radius 1 is 1.17 bits per heavy atom. The molecule has 0 amide bonds. The molecule has 0 unspecified atom stereocenters. The van der Waals surface area contributed by atoms with E-state index >= 15 is 0 Å². The molecule has 2 N–H and O–H groups in total. The Labute approximate surface area is 106 Å². The van der Waals surface area contributed by atoms with Crippen molar-refractivity contribution in [2.45, 2.75) is 6.18 Å². The fourth-order valence-corrected chi connectivity index (χ4v) is 1.88. The zero-order chi connectivity index (χ0) is 13.7. The second-order valence-electron chi connectivity index (χ2n) is 3.47. The van der Waals surface area contributed by atoms with Crippen LogP contribution in [0.5, 0.6) is 0 Å². The Kier molecular flexibility index (Phi) is 2.92. The number of benzene rings is 1. The van der Waals surface area contributed by atoms with Crippen LogP contribution in [-0.2, 0) is 6.18 Å². The number of aromatic nitrogens is 1. The molecular formula is C10H4BrF5N2. The lowest BCUT2D eigenvalue weighted by molar-refractivity contribution is -0.140. The summed E-state index contributed by atoms with van der Waals surface area (Å²) in [4.78, 5) is 3.07. The van der Waals surface area contributed by atoms with E-state index in [9.17, 15) is 22.0 Å². The van der Waals surface area contributed by atoms with Crippen LogP contribution in [-0.4, -0.2) is 4.98 Å². The van der Waals surface area contributed by atoms with Crippen molar-refractivity contribution in [1.29, 1.82) is 0 Å². The molecule has 0 aliphatic carbocycles. The van der Waals surface area contributed by atoms with E-state index in [0.717, 1.165) is 0 Å². The minimum atomic E-state index is -4.78. The number of rotatable bonds is 0. The first-order valence-electron chi connectivity index (χ1n) is 4.52. The van der Waals surface area contributed by atoms with Crippen LogP contribution in [0.2, 0.25) is 0 Å². The highest BCUT2D eigenvalue weighted by atomic mass is 79.9. The van der Waals surface area contributed by atoms with Gasteiger partial charge in [0.15, 0.2) is 5.82 Å². The van der Waals surface area contributed by atoms with E-state index < -0.39 is 40.1 Å². The van der Waals surface area contributed by atoms with Gasteiger partial charge in [-0.25, -0.2) is 13.8 Å². The fourth-order valence-electron chi connectivity index (χ4n) is 1.48. The number of pyridine rings is 1. The molecule has 1 aromatic heterocycles. The number of halogens is 6. The molecule has 0 saturated carbocycles. The van der Waals surface area contributed by atoms with Crippen LogP contribution in [0, 0.1) is 11.6 Å². The molecular weight excluding hydrogens is 323 g/mol. The monoisotopic (exact) mass is 326 g/mol. The first-order valence-corrected chi connectivity index (χ1v) is 5.32. The molecule has 18 heavy (non-hydrogen) atoms. The van der Waals surface area contributed by atoms with E-state index in [2.05, 4.69) is 20.9 Å². The first kappa shape index (κ1) is 13.0. The highest BCUT2D eigenvalue weighted by molar-refractivity contribution is 9.10. The van der Waals surface area contributed by atoms with Crippen LogP contribution in [0.25, 0.3) is 10.9 Å². The summed E-state index contributed by atoms with van der Waals surface area (Å²) in [5.74, 6) is -2.04. The summed E-state index contributed by atoms with van der Waals surface area (Å²) in [5, 5.41) is -0.477. The number of anilines is 1. The van der Waals surface area contributed by atoms with Crippen LogP contribution in [0.4, 0.5) is 27.6 Å². The van der Waals surface area contributed by atoms with Gasteiger partial charge in [0.1, 0.15) is 17.0 Å². The van der Waals surface area contributed by atoms with Gasteiger partial charge in [-0.2, -0.15) is 13.2 Å². The molecule has 96 valence electrons. The summed E-state index contributed by atoms with van der Waals surface area (Å²) in [6, 6.07) is 1.17. The number of hydrogen-bond donors (Lipinski definition) is 1. The molecule has 8 heteroatoms. The lowest BCUT2D eigenvalue weighted by Gasteiger charge is -2.11. The molecule has 2 nitrogen and oxygen atoms in total.